The second-order valence-electron chi connectivity index (χ2n) is 4.93. The molecule has 1 amide bonds. The molecule has 0 spiro atoms. The van der Waals surface area contributed by atoms with Crippen LogP contribution in [0, 0.1) is 0 Å². The molecule has 0 heterocycles. The Morgan fingerprint density at radius 2 is 1.86 bits per heavy atom. The predicted octanol–water partition coefficient (Wildman–Crippen LogP) is 3.23. The van der Waals surface area contributed by atoms with Crippen LogP contribution in [0.1, 0.15) is 12.0 Å². The van der Waals surface area contributed by atoms with Gasteiger partial charge in [0, 0.05) is 30.2 Å². The number of hydrogen-bond acceptors (Lipinski definition) is 3. The van der Waals surface area contributed by atoms with Gasteiger partial charge in [-0.05, 0) is 35.9 Å². The third kappa shape index (κ3) is 4.40. The van der Waals surface area contributed by atoms with Crippen LogP contribution in [-0.2, 0) is 11.3 Å². The summed E-state index contributed by atoms with van der Waals surface area (Å²) in [5, 5.41) is 0.708. The van der Waals surface area contributed by atoms with Gasteiger partial charge in [-0.2, -0.15) is 0 Å². The summed E-state index contributed by atoms with van der Waals surface area (Å²) in [4.78, 5) is 13.2. The number of carbonyl (C=O) groups is 1. The highest BCUT2D eigenvalue weighted by Gasteiger charge is 2.11. The van der Waals surface area contributed by atoms with Crippen molar-refractivity contribution in [2.75, 3.05) is 18.6 Å². The van der Waals surface area contributed by atoms with Crippen molar-refractivity contribution in [1.29, 1.82) is 0 Å². The summed E-state index contributed by atoms with van der Waals surface area (Å²) in [6, 6.07) is 15.4. The van der Waals surface area contributed by atoms with E-state index in [1.54, 1.807) is 7.11 Å². The van der Waals surface area contributed by atoms with Gasteiger partial charge in [-0.1, -0.05) is 29.8 Å². The molecule has 2 N–H and O–H groups in total. The van der Waals surface area contributed by atoms with Crippen molar-refractivity contribution in [2.45, 2.75) is 13.0 Å². The number of amides is 1. The zero-order valence-corrected chi connectivity index (χ0v) is 13.2. The molecule has 0 aromatic heterocycles. The van der Waals surface area contributed by atoms with Gasteiger partial charge in [0.1, 0.15) is 5.75 Å². The number of nitrogens with zero attached hydrogens (tertiary/aromatic N) is 1. The summed E-state index contributed by atoms with van der Waals surface area (Å²) in [5.74, 6) is 0.467. The van der Waals surface area contributed by atoms with Gasteiger partial charge in [-0.25, -0.2) is 0 Å². The SMILES string of the molecule is COc1ccc(N(CCC(N)=O)Cc2ccccc2Cl)cc1. The van der Waals surface area contributed by atoms with E-state index in [2.05, 4.69) is 4.90 Å². The first-order valence-corrected chi connectivity index (χ1v) is 7.38. The Hall–Kier alpha value is -2.20. The van der Waals surface area contributed by atoms with E-state index in [1.165, 1.54) is 0 Å². The third-order valence-corrected chi connectivity index (χ3v) is 3.75. The average molecular weight is 319 g/mol. The fourth-order valence-electron chi connectivity index (χ4n) is 2.17. The maximum absolute atomic E-state index is 11.1. The number of anilines is 1. The summed E-state index contributed by atoms with van der Waals surface area (Å²) in [5.41, 5.74) is 7.27. The van der Waals surface area contributed by atoms with E-state index in [4.69, 9.17) is 22.1 Å². The second-order valence-corrected chi connectivity index (χ2v) is 5.33. The van der Waals surface area contributed by atoms with E-state index in [0.717, 1.165) is 17.0 Å². The highest BCUT2D eigenvalue weighted by molar-refractivity contribution is 6.31. The molecule has 2 aromatic carbocycles. The van der Waals surface area contributed by atoms with Crippen LogP contribution < -0.4 is 15.4 Å². The van der Waals surface area contributed by atoms with Crippen molar-refractivity contribution in [1.82, 2.24) is 0 Å². The van der Waals surface area contributed by atoms with Crippen molar-refractivity contribution in [2.24, 2.45) is 5.73 Å². The highest BCUT2D eigenvalue weighted by Crippen LogP contribution is 2.24. The molecular formula is C17H19ClN2O2. The van der Waals surface area contributed by atoms with Crippen LogP contribution >= 0.6 is 11.6 Å². The minimum absolute atomic E-state index is 0.288. The van der Waals surface area contributed by atoms with Crippen molar-refractivity contribution in [3.05, 3.63) is 59.1 Å². The van der Waals surface area contributed by atoms with Crippen molar-refractivity contribution >= 4 is 23.2 Å². The zero-order valence-electron chi connectivity index (χ0n) is 12.5. The van der Waals surface area contributed by atoms with Gasteiger partial charge in [-0.3, -0.25) is 4.79 Å². The van der Waals surface area contributed by atoms with E-state index in [9.17, 15) is 4.79 Å². The summed E-state index contributed by atoms with van der Waals surface area (Å²) >= 11 is 6.23. The molecular weight excluding hydrogens is 300 g/mol. The van der Waals surface area contributed by atoms with Crippen molar-refractivity contribution < 1.29 is 9.53 Å². The Labute approximate surface area is 135 Å². The average Bonchev–Trinajstić information content (AvgIpc) is 2.53. The van der Waals surface area contributed by atoms with Crippen molar-refractivity contribution in [3.63, 3.8) is 0 Å². The monoisotopic (exact) mass is 318 g/mol. The molecule has 0 saturated heterocycles. The molecule has 0 atom stereocenters. The first-order chi connectivity index (χ1) is 10.6. The molecule has 0 bridgehead atoms. The van der Waals surface area contributed by atoms with Crippen LogP contribution in [0.2, 0.25) is 5.02 Å². The van der Waals surface area contributed by atoms with Gasteiger partial charge in [0.15, 0.2) is 0 Å². The lowest BCUT2D eigenvalue weighted by Crippen LogP contribution is -2.27. The van der Waals surface area contributed by atoms with Crippen LogP contribution in [0.5, 0.6) is 5.75 Å². The number of nitrogens with two attached hydrogens (primary N) is 1. The predicted molar refractivity (Wildman–Crippen MR) is 89.3 cm³/mol. The van der Waals surface area contributed by atoms with Crippen LogP contribution in [-0.4, -0.2) is 19.6 Å². The summed E-state index contributed by atoms with van der Waals surface area (Å²) < 4.78 is 5.17. The second kappa shape index (κ2) is 7.71. The fourth-order valence-corrected chi connectivity index (χ4v) is 2.37. The normalized spacial score (nSPS) is 10.3. The topological polar surface area (TPSA) is 55.6 Å². The van der Waals surface area contributed by atoms with Gasteiger partial charge in [0.2, 0.25) is 5.91 Å². The molecule has 2 aromatic rings. The Morgan fingerprint density at radius 3 is 2.45 bits per heavy atom. The first-order valence-electron chi connectivity index (χ1n) is 7.01. The van der Waals surface area contributed by atoms with E-state index < -0.39 is 0 Å². The number of halogens is 1. The van der Waals surface area contributed by atoms with Crippen LogP contribution in [0.3, 0.4) is 0 Å². The maximum Gasteiger partial charge on any atom is 0.219 e. The molecule has 0 aliphatic carbocycles. The van der Waals surface area contributed by atoms with E-state index in [0.29, 0.717) is 18.1 Å². The fraction of sp³-hybridized carbons (Fsp3) is 0.235. The van der Waals surface area contributed by atoms with Crippen LogP contribution in [0.25, 0.3) is 0 Å². The lowest BCUT2D eigenvalue weighted by Gasteiger charge is -2.25. The van der Waals surface area contributed by atoms with Crippen LogP contribution in [0.4, 0.5) is 5.69 Å². The molecule has 2 rings (SSSR count). The van der Waals surface area contributed by atoms with E-state index >= 15 is 0 Å². The molecule has 0 unspecified atom stereocenters. The Balaban J connectivity index is 2.21. The molecule has 5 heteroatoms. The van der Waals surface area contributed by atoms with Gasteiger partial charge < -0.3 is 15.4 Å². The summed E-state index contributed by atoms with van der Waals surface area (Å²) in [7, 11) is 1.63. The lowest BCUT2D eigenvalue weighted by molar-refractivity contribution is -0.117. The van der Waals surface area contributed by atoms with Crippen LogP contribution in [0.15, 0.2) is 48.5 Å². The van der Waals surface area contributed by atoms with Gasteiger partial charge >= 0.3 is 0 Å². The molecule has 0 aliphatic rings. The molecule has 4 nitrogen and oxygen atoms in total. The number of hydrogen-bond donors (Lipinski definition) is 1. The number of ether oxygens (including phenoxy) is 1. The minimum Gasteiger partial charge on any atom is -0.497 e. The third-order valence-electron chi connectivity index (χ3n) is 3.38. The number of methoxy groups -OCH3 is 1. The zero-order chi connectivity index (χ0) is 15.9. The Morgan fingerprint density at radius 1 is 1.18 bits per heavy atom. The van der Waals surface area contributed by atoms with Gasteiger partial charge in [-0.15, -0.1) is 0 Å². The number of rotatable bonds is 7. The Bertz CT molecular complexity index is 629. The first kappa shape index (κ1) is 16.2. The number of carbonyl (C=O) groups excluding carboxylic acids is 1. The molecule has 116 valence electrons. The largest absolute Gasteiger partial charge is 0.497 e. The summed E-state index contributed by atoms with van der Waals surface area (Å²) in [6.07, 6.45) is 0.288. The van der Waals surface area contributed by atoms with Gasteiger partial charge in [0.05, 0.1) is 7.11 Å². The quantitative estimate of drug-likeness (QED) is 0.852. The van der Waals surface area contributed by atoms with E-state index in [1.807, 2.05) is 48.5 Å². The lowest BCUT2D eigenvalue weighted by atomic mass is 10.1. The maximum atomic E-state index is 11.1. The van der Waals surface area contributed by atoms with Crippen molar-refractivity contribution in [3.8, 4) is 5.75 Å². The number of benzene rings is 2. The van der Waals surface area contributed by atoms with E-state index in [-0.39, 0.29) is 12.3 Å². The van der Waals surface area contributed by atoms with Gasteiger partial charge in [0.25, 0.3) is 0 Å². The standard InChI is InChI=1S/C17H19ClN2O2/c1-22-15-8-6-14(7-9-15)20(11-10-17(19)21)12-13-4-2-3-5-16(13)18/h2-9H,10-12H2,1H3,(H2,19,21). The molecule has 0 aliphatic heterocycles. The molecule has 22 heavy (non-hydrogen) atoms. The Kier molecular flexibility index (Phi) is 5.67. The molecule has 0 saturated carbocycles. The summed E-state index contributed by atoms with van der Waals surface area (Å²) in [6.45, 7) is 1.15. The molecule has 0 fully saturated rings. The highest BCUT2D eigenvalue weighted by atomic mass is 35.5. The number of primary amides is 1. The minimum atomic E-state index is -0.322. The molecule has 0 radical (unpaired) electrons. The smallest absolute Gasteiger partial charge is 0.219 e.